The second kappa shape index (κ2) is 7.68. The molecule has 0 bridgehead atoms. The second-order valence-corrected chi connectivity index (χ2v) is 3.77. The molecule has 0 radical (unpaired) electrons. The average molecular weight is 236 g/mol. The third-order valence-electron chi connectivity index (χ3n) is 2.58. The number of carbonyl (C=O) groups is 1. The highest BCUT2D eigenvalue weighted by Gasteiger charge is 2.04. The van der Waals surface area contributed by atoms with Crippen molar-refractivity contribution < 1.29 is 9.53 Å². The zero-order valence-electron chi connectivity index (χ0n) is 10.5. The summed E-state index contributed by atoms with van der Waals surface area (Å²) in [7, 11) is 1.37. The number of likely N-dealkylation sites (N-methyl/N-ethyl adjacent to an activating group) is 1. The Morgan fingerprint density at radius 2 is 2.06 bits per heavy atom. The summed E-state index contributed by atoms with van der Waals surface area (Å²) in [6.07, 6.45) is -0.374. The molecule has 94 valence electrons. The maximum atomic E-state index is 10.9. The van der Waals surface area contributed by atoms with Crippen LogP contribution in [-0.2, 0) is 11.3 Å². The molecule has 0 aliphatic heterocycles. The molecule has 1 aromatic rings. The molecular weight excluding hydrogens is 216 g/mol. The number of carbonyl (C=O) groups excluding carboxylic acids is 1. The Morgan fingerprint density at radius 1 is 1.35 bits per heavy atom. The molecule has 0 heterocycles. The van der Waals surface area contributed by atoms with E-state index in [-0.39, 0.29) is 6.09 Å². The molecule has 0 aliphatic rings. The van der Waals surface area contributed by atoms with Gasteiger partial charge in [0.2, 0.25) is 0 Å². The largest absolute Gasteiger partial charge is 0.453 e. The van der Waals surface area contributed by atoms with Gasteiger partial charge in [0.25, 0.3) is 0 Å². The van der Waals surface area contributed by atoms with Crippen LogP contribution in [0.2, 0.25) is 0 Å². The summed E-state index contributed by atoms with van der Waals surface area (Å²) in [5, 5.41) is 2.68. The van der Waals surface area contributed by atoms with E-state index >= 15 is 0 Å². The molecule has 0 aromatic heterocycles. The Morgan fingerprint density at radius 3 is 2.65 bits per heavy atom. The third kappa shape index (κ3) is 5.36. The quantitative estimate of drug-likeness (QED) is 0.819. The lowest BCUT2D eigenvalue weighted by molar-refractivity contribution is 0.168. The lowest BCUT2D eigenvalue weighted by Gasteiger charge is -2.20. The van der Waals surface area contributed by atoms with Gasteiger partial charge in [-0.15, -0.1) is 0 Å². The summed E-state index contributed by atoms with van der Waals surface area (Å²) in [6.45, 7) is 5.40. The van der Waals surface area contributed by atoms with Gasteiger partial charge in [-0.25, -0.2) is 4.79 Å². The number of hydrogen-bond acceptors (Lipinski definition) is 3. The molecule has 0 fully saturated rings. The lowest BCUT2D eigenvalue weighted by Crippen LogP contribution is -2.34. The van der Waals surface area contributed by atoms with Gasteiger partial charge < -0.3 is 10.1 Å². The minimum atomic E-state index is -0.374. The molecule has 0 saturated heterocycles. The molecule has 17 heavy (non-hydrogen) atoms. The van der Waals surface area contributed by atoms with Crippen molar-refractivity contribution in [3.63, 3.8) is 0 Å². The van der Waals surface area contributed by atoms with Gasteiger partial charge in [0.1, 0.15) is 0 Å². The van der Waals surface area contributed by atoms with Crippen molar-refractivity contribution in [1.29, 1.82) is 0 Å². The summed E-state index contributed by atoms with van der Waals surface area (Å²) in [6, 6.07) is 10.3. The van der Waals surface area contributed by atoms with E-state index in [2.05, 4.69) is 34.0 Å². The molecule has 4 heteroatoms. The van der Waals surface area contributed by atoms with Gasteiger partial charge in [-0.2, -0.15) is 0 Å². The van der Waals surface area contributed by atoms with E-state index in [1.165, 1.54) is 12.7 Å². The van der Waals surface area contributed by atoms with Crippen LogP contribution in [0, 0.1) is 0 Å². The van der Waals surface area contributed by atoms with Crippen LogP contribution in [0.25, 0.3) is 0 Å². The molecule has 0 aliphatic carbocycles. The predicted octanol–water partition coefficient (Wildman–Crippen LogP) is 1.86. The van der Waals surface area contributed by atoms with E-state index in [1.807, 2.05) is 18.2 Å². The number of benzene rings is 1. The van der Waals surface area contributed by atoms with Gasteiger partial charge in [-0.3, -0.25) is 4.90 Å². The van der Waals surface area contributed by atoms with Crippen molar-refractivity contribution in [1.82, 2.24) is 10.2 Å². The van der Waals surface area contributed by atoms with Crippen LogP contribution < -0.4 is 5.32 Å². The zero-order chi connectivity index (χ0) is 12.5. The van der Waals surface area contributed by atoms with Gasteiger partial charge in [0, 0.05) is 19.6 Å². The van der Waals surface area contributed by atoms with Gasteiger partial charge in [-0.1, -0.05) is 37.3 Å². The average Bonchev–Trinajstić information content (AvgIpc) is 2.38. The highest BCUT2D eigenvalue weighted by molar-refractivity contribution is 5.66. The lowest BCUT2D eigenvalue weighted by atomic mass is 10.2. The number of amides is 1. The van der Waals surface area contributed by atoms with Crippen LogP contribution in [0.1, 0.15) is 12.5 Å². The monoisotopic (exact) mass is 236 g/mol. The number of alkyl carbamates (subject to hydrolysis) is 1. The van der Waals surface area contributed by atoms with Crippen molar-refractivity contribution in [3.05, 3.63) is 35.9 Å². The SMILES string of the molecule is CCN(CCNC(=O)OC)Cc1ccccc1. The molecule has 0 unspecified atom stereocenters. The first-order valence-electron chi connectivity index (χ1n) is 5.84. The number of nitrogens with one attached hydrogen (secondary N) is 1. The Hall–Kier alpha value is -1.55. The van der Waals surface area contributed by atoms with Gasteiger partial charge >= 0.3 is 6.09 Å². The van der Waals surface area contributed by atoms with Crippen LogP contribution in [0.5, 0.6) is 0 Å². The van der Waals surface area contributed by atoms with E-state index in [0.29, 0.717) is 6.54 Å². The summed E-state index contributed by atoms with van der Waals surface area (Å²) in [5.74, 6) is 0. The highest BCUT2D eigenvalue weighted by atomic mass is 16.5. The summed E-state index contributed by atoms with van der Waals surface area (Å²) < 4.78 is 4.52. The summed E-state index contributed by atoms with van der Waals surface area (Å²) in [5.41, 5.74) is 1.28. The van der Waals surface area contributed by atoms with Crippen molar-refractivity contribution in [2.75, 3.05) is 26.7 Å². The first kappa shape index (κ1) is 13.5. The normalized spacial score (nSPS) is 10.3. The second-order valence-electron chi connectivity index (χ2n) is 3.77. The van der Waals surface area contributed by atoms with Crippen LogP contribution in [0.15, 0.2) is 30.3 Å². The number of ether oxygens (including phenoxy) is 1. The molecule has 1 rings (SSSR count). The van der Waals surface area contributed by atoms with Crippen LogP contribution in [0.3, 0.4) is 0 Å². The molecule has 1 aromatic carbocycles. The Labute approximate surface area is 103 Å². The fraction of sp³-hybridized carbons (Fsp3) is 0.462. The predicted molar refractivity (Wildman–Crippen MR) is 67.8 cm³/mol. The summed E-state index contributed by atoms with van der Waals surface area (Å²) >= 11 is 0. The van der Waals surface area contributed by atoms with Crippen molar-refractivity contribution >= 4 is 6.09 Å². The fourth-order valence-electron chi connectivity index (χ4n) is 1.58. The Bertz CT molecular complexity index is 327. The highest BCUT2D eigenvalue weighted by Crippen LogP contribution is 2.03. The van der Waals surface area contributed by atoms with Crippen molar-refractivity contribution in [3.8, 4) is 0 Å². The van der Waals surface area contributed by atoms with Gasteiger partial charge in [0.05, 0.1) is 7.11 Å². The minimum Gasteiger partial charge on any atom is -0.453 e. The van der Waals surface area contributed by atoms with Gasteiger partial charge in [0.15, 0.2) is 0 Å². The fourth-order valence-corrected chi connectivity index (χ4v) is 1.58. The van der Waals surface area contributed by atoms with Crippen molar-refractivity contribution in [2.24, 2.45) is 0 Å². The van der Waals surface area contributed by atoms with E-state index in [1.54, 1.807) is 0 Å². The molecular formula is C13H20N2O2. The smallest absolute Gasteiger partial charge is 0.406 e. The van der Waals surface area contributed by atoms with Crippen molar-refractivity contribution in [2.45, 2.75) is 13.5 Å². The zero-order valence-corrected chi connectivity index (χ0v) is 10.5. The topological polar surface area (TPSA) is 41.6 Å². The van der Waals surface area contributed by atoms with E-state index in [4.69, 9.17) is 0 Å². The number of methoxy groups -OCH3 is 1. The Balaban J connectivity index is 2.31. The molecule has 0 spiro atoms. The number of hydrogen-bond donors (Lipinski definition) is 1. The van der Waals surface area contributed by atoms with Gasteiger partial charge in [-0.05, 0) is 12.1 Å². The maximum Gasteiger partial charge on any atom is 0.406 e. The summed E-state index contributed by atoms with van der Waals surface area (Å²) in [4.78, 5) is 13.2. The van der Waals surface area contributed by atoms with E-state index in [0.717, 1.165) is 19.6 Å². The third-order valence-corrected chi connectivity index (χ3v) is 2.58. The van der Waals surface area contributed by atoms with Crippen LogP contribution in [-0.4, -0.2) is 37.7 Å². The van der Waals surface area contributed by atoms with Crippen LogP contribution >= 0.6 is 0 Å². The molecule has 0 saturated carbocycles. The van der Waals surface area contributed by atoms with E-state index < -0.39 is 0 Å². The first-order valence-corrected chi connectivity index (χ1v) is 5.84. The molecule has 1 N–H and O–H groups in total. The van der Waals surface area contributed by atoms with E-state index in [9.17, 15) is 4.79 Å². The maximum absolute atomic E-state index is 10.9. The Kier molecular flexibility index (Phi) is 6.10. The van der Waals surface area contributed by atoms with Crippen LogP contribution in [0.4, 0.5) is 4.79 Å². The first-order chi connectivity index (χ1) is 8.26. The standard InChI is InChI=1S/C13H20N2O2/c1-3-15(10-9-14-13(16)17-2)11-12-7-5-4-6-8-12/h4-8H,3,9-11H2,1-2H3,(H,14,16). The molecule has 4 nitrogen and oxygen atoms in total. The molecule has 1 amide bonds. The molecule has 0 atom stereocenters. The number of nitrogens with zero attached hydrogens (tertiary/aromatic N) is 1. The number of rotatable bonds is 6. The minimum absolute atomic E-state index is 0.374.